The summed E-state index contributed by atoms with van der Waals surface area (Å²) in [5.74, 6) is 1.21. The Labute approximate surface area is 88.5 Å². The van der Waals surface area contributed by atoms with Gasteiger partial charge in [-0.1, -0.05) is 35.0 Å². The maximum absolute atomic E-state index is 4.06. The maximum atomic E-state index is 4.06. The average Bonchev–Trinajstić information content (AvgIpc) is 2.87. The van der Waals surface area contributed by atoms with Crippen LogP contribution in [0.2, 0.25) is 0 Å². The molecule has 1 aromatic rings. The van der Waals surface area contributed by atoms with Crippen molar-refractivity contribution in [2.24, 2.45) is 0 Å². The second kappa shape index (κ2) is 3.45. The van der Waals surface area contributed by atoms with E-state index in [4.69, 9.17) is 0 Å². The van der Waals surface area contributed by atoms with Gasteiger partial charge in [-0.2, -0.15) is 0 Å². The van der Waals surface area contributed by atoms with Crippen LogP contribution in [0.25, 0.3) is 0 Å². The molecule has 0 aliphatic heterocycles. The van der Waals surface area contributed by atoms with Gasteiger partial charge >= 0.3 is 0 Å². The van der Waals surface area contributed by atoms with Crippen molar-refractivity contribution in [1.82, 2.24) is 0 Å². The van der Waals surface area contributed by atoms with E-state index in [2.05, 4.69) is 48.0 Å². The molecule has 2 rings (SSSR count). The maximum Gasteiger partial charge on any atom is 0.0210 e. The standard InChI is InChI=1S/C12H14Br/c1-8(2)11-7-10(9-3-4-9)5-6-12(11)13/h5-9H,1,3-4H2,2H3. The van der Waals surface area contributed by atoms with Gasteiger partial charge in [0, 0.05) is 4.47 Å². The smallest absolute Gasteiger partial charge is 0.0210 e. The van der Waals surface area contributed by atoms with Gasteiger partial charge in [-0.3, -0.25) is 0 Å². The van der Waals surface area contributed by atoms with Crippen LogP contribution in [0.15, 0.2) is 22.7 Å². The number of hydrogen-bond donors (Lipinski definition) is 0. The molecule has 0 N–H and O–H groups in total. The molecule has 1 fully saturated rings. The molecule has 0 saturated heterocycles. The average molecular weight is 238 g/mol. The highest BCUT2D eigenvalue weighted by atomic mass is 79.9. The summed E-state index contributed by atoms with van der Waals surface area (Å²) >= 11 is 3.56. The number of benzene rings is 1. The van der Waals surface area contributed by atoms with Crippen LogP contribution >= 0.6 is 15.9 Å². The van der Waals surface area contributed by atoms with Crippen LogP contribution in [-0.4, -0.2) is 0 Å². The highest BCUT2D eigenvalue weighted by Crippen LogP contribution is 2.41. The Hall–Kier alpha value is -0.300. The summed E-state index contributed by atoms with van der Waals surface area (Å²) in [6, 6.07) is 6.69. The van der Waals surface area contributed by atoms with Gasteiger partial charge in [-0.25, -0.2) is 0 Å². The summed E-state index contributed by atoms with van der Waals surface area (Å²) in [5.41, 5.74) is 2.83. The molecule has 1 atom stereocenters. The van der Waals surface area contributed by atoms with Crippen LogP contribution in [0.1, 0.15) is 42.7 Å². The Morgan fingerprint density at radius 1 is 1.46 bits per heavy atom. The largest absolute Gasteiger partial charge is 0.0584 e. The van der Waals surface area contributed by atoms with Crippen LogP contribution in [0.3, 0.4) is 0 Å². The van der Waals surface area contributed by atoms with Crippen molar-refractivity contribution in [3.05, 3.63) is 40.7 Å². The molecule has 1 radical (unpaired) electrons. The minimum atomic E-state index is 0.369. The summed E-state index contributed by atoms with van der Waals surface area (Å²) < 4.78 is 1.19. The van der Waals surface area contributed by atoms with Gasteiger partial charge in [0.1, 0.15) is 0 Å². The minimum absolute atomic E-state index is 0.369. The van der Waals surface area contributed by atoms with E-state index in [1.54, 1.807) is 0 Å². The van der Waals surface area contributed by atoms with Crippen molar-refractivity contribution in [1.29, 1.82) is 0 Å². The molecule has 0 bridgehead atoms. The van der Waals surface area contributed by atoms with Crippen molar-refractivity contribution in [3.63, 3.8) is 0 Å². The van der Waals surface area contributed by atoms with E-state index in [1.165, 1.54) is 28.4 Å². The molecule has 0 amide bonds. The zero-order valence-electron chi connectivity index (χ0n) is 7.89. The van der Waals surface area contributed by atoms with Gasteiger partial charge in [0.05, 0.1) is 0 Å². The highest BCUT2D eigenvalue weighted by Gasteiger charge is 2.24. The third-order valence-electron chi connectivity index (χ3n) is 2.60. The van der Waals surface area contributed by atoms with Gasteiger partial charge in [0.2, 0.25) is 0 Å². The fourth-order valence-electron chi connectivity index (χ4n) is 1.61. The molecule has 1 aliphatic carbocycles. The molecule has 1 saturated carbocycles. The summed E-state index contributed by atoms with van der Waals surface area (Å²) in [5, 5.41) is 0. The minimum Gasteiger partial charge on any atom is -0.0584 e. The summed E-state index contributed by atoms with van der Waals surface area (Å²) in [6.45, 7) is 6.20. The van der Waals surface area contributed by atoms with Crippen molar-refractivity contribution in [2.45, 2.75) is 31.6 Å². The Balaban J connectivity index is 2.36. The van der Waals surface area contributed by atoms with E-state index in [-0.39, 0.29) is 0 Å². The van der Waals surface area contributed by atoms with E-state index >= 15 is 0 Å². The van der Waals surface area contributed by atoms with Crippen molar-refractivity contribution >= 4 is 15.9 Å². The normalized spacial score (nSPS) is 16.6. The molecular formula is C12H14Br. The van der Waals surface area contributed by atoms with Gasteiger partial charge in [-0.05, 0) is 48.8 Å². The Kier molecular flexibility index (Phi) is 2.46. The van der Waals surface area contributed by atoms with Crippen molar-refractivity contribution in [2.75, 3.05) is 0 Å². The molecule has 1 aromatic carbocycles. The number of hydrogen-bond acceptors (Lipinski definition) is 0. The van der Waals surface area contributed by atoms with Crippen LogP contribution in [0, 0.1) is 6.92 Å². The lowest BCUT2D eigenvalue weighted by Gasteiger charge is -2.10. The third-order valence-corrected chi connectivity index (χ3v) is 3.32. The summed E-state index contributed by atoms with van der Waals surface area (Å²) in [6.07, 6.45) is 2.74. The molecule has 1 unspecified atom stereocenters. The second-order valence-corrected chi connectivity index (χ2v) is 4.81. The number of rotatable bonds is 2. The molecular weight excluding hydrogens is 224 g/mol. The predicted molar refractivity (Wildman–Crippen MR) is 59.9 cm³/mol. The van der Waals surface area contributed by atoms with Crippen molar-refractivity contribution < 1.29 is 0 Å². The monoisotopic (exact) mass is 237 g/mol. The molecule has 1 heteroatoms. The van der Waals surface area contributed by atoms with Crippen LogP contribution in [-0.2, 0) is 0 Å². The topological polar surface area (TPSA) is 0 Å². The molecule has 1 aliphatic rings. The molecule has 0 heterocycles. The first-order valence-corrected chi connectivity index (χ1v) is 5.60. The van der Waals surface area contributed by atoms with Crippen LogP contribution < -0.4 is 0 Å². The summed E-state index contributed by atoms with van der Waals surface area (Å²) in [7, 11) is 0. The lowest BCUT2D eigenvalue weighted by molar-refractivity contribution is 0.946. The zero-order valence-corrected chi connectivity index (χ0v) is 9.47. The molecule has 0 nitrogen and oxygen atoms in total. The second-order valence-electron chi connectivity index (χ2n) is 3.96. The van der Waals surface area contributed by atoms with Crippen LogP contribution in [0.5, 0.6) is 0 Å². The first-order chi connectivity index (χ1) is 6.18. The van der Waals surface area contributed by atoms with Crippen LogP contribution in [0.4, 0.5) is 0 Å². The zero-order chi connectivity index (χ0) is 9.42. The van der Waals surface area contributed by atoms with E-state index < -0.39 is 0 Å². The third kappa shape index (κ3) is 1.96. The molecule has 69 valence electrons. The quantitative estimate of drug-likeness (QED) is 0.721. The molecule has 0 spiro atoms. The fourth-order valence-corrected chi connectivity index (χ4v) is 2.25. The highest BCUT2D eigenvalue weighted by molar-refractivity contribution is 9.10. The van der Waals surface area contributed by atoms with Gasteiger partial charge < -0.3 is 0 Å². The first kappa shape index (κ1) is 9.26. The summed E-state index contributed by atoms with van der Waals surface area (Å²) in [4.78, 5) is 0. The molecule has 13 heavy (non-hydrogen) atoms. The number of halogens is 1. The molecule has 0 aromatic heterocycles. The first-order valence-electron chi connectivity index (χ1n) is 4.81. The van der Waals surface area contributed by atoms with Gasteiger partial charge in [0.15, 0.2) is 0 Å². The SMILES string of the molecule is [CH2]C(C)c1cc(C2CC2)ccc1Br. The Bertz CT molecular complexity index is 311. The van der Waals surface area contributed by atoms with E-state index in [9.17, 15) is 0 Å². The van der Waals surface area contributed by atoms with Crippen molar-refractivity contribution in [3.8, 4) is 0 Å². The lowest BCUT2D eigenvalue weighted by Crippen LogP contribution is -1.91. The van der Waals surface area contributed by atoms with E-state index in [0.29, 0.717) is 5.92 Å². The fraction of sp³-hybridized carbons (Fsp3) is 0.417. The van der Waals surface area contributed by atoms with E-state index in [0.717, 1.165) is 5.92 Å². The van der Waals surface area contributed by atoms with Gasteiger partial charge in [0.25, 0.3) is 0 Å². The Morgan fingerprint density at radius 2 is 2.15 bits per heavy atom. The lowest BCUT2D eigenvalue weighted by atomic mass is 9.99. The van der Waals surface area contributed by atoms with Gasteiger partial charge in [-0.15, -0.1) is 0 Å². The van der Waals surface area contributed by atoms with E-state index in [1.807, 2.05) is 0 Å². The Morgan fingerprint density at radius 3 is 2.69 bits per heavy atom. The predicted octanol–water partition coefficient (Wildman–Crippen LogP) is 4.26.